The highest BCUT2D eigenvalue weighted by molar-refractivity contribution is 6.38. The first-order valence-corrected chi connectivity index (χ1v) is 9.37. The summed E-state index contributed by atoms with van der Waals surface area (Å²) in [6.45, 7) is 2.01. The molecule has 1 unspecified atom stereocenters. The van der Waals surface area contributed by atoms with Crippen molar-refractivity contribution in [3.05, 3.63) is 101 Å². The van der Waals surface area contributed by atoms with Crippen molar-refractivity contribution in [1.29, 1.82) is 0 Å². The minimum absolute atomic E-state index is 0.144. The van der Waals surface area contributed by atoms with Crippen molar-refractivity contribution < 1.29 is 9.59 Å². The molecule has 2 aliphatic rings. The molecule has 0 N–H and O–H groups in total. The Morgan fingerprint density at radius 3 is 2.11 bits per heavy atom. The van der Waals surface area contributed by atoms with Gasteiger partial charge in [-0.15, -0.1) is 0 Å². The van der Waals surface area contributed by atoms with Crippen molar-refractivity contribution >= 4 is 28.5 Å². The molecule has 0 radical (unpaired) electrons. The summed E-state index contributed by atoms with van der Waals surface area (Å²) in [4.78, 5) is 29.5. The van der Waals surface area contributed by atoms with Gasteiger partial charge in [0.1, 0.15) is 0 Å². The Hall–Kier alpha value is -3.46. The average molecular weight is 365 g/mol. The maximum absolute atomic E-state index is 14.0. The number of carbonyl (C=O) groups is 2. The third-order valence-corrected chi connectivity index (χ3v) is 6.02. The summed E-state index contributed by atoms with van der Waals surface area (Å²) in [6.07, 6.45) is 0. The van der Waals surface area contributed by atoms with Gasteiger partial charge in [0.05, 0.1) is 5.69 Å². The van der Waals surface area contributed by atoms with Crippen molar-refractivity contribution in [2.45, 2.75) is 12.3 Å². The third kappa shape index (κ3) is 1.88. The van der Waals surface area contributed by atoms with Crippen LogP contribution in [0.1, 0.15) is 34.0 Å². The number of rotatable bonds is 1. The van der Waals surface area contributed by atoms with Crippen LogP contribution in [-0.2, 0) is 10.2 Å². The molecule has 0 saturated carbocycles. The molecular weight excluding hydrogens is 346 g/mol. The predicted molar refractivity (Wildman–Crippen MR) is 111 cm³/mol. The lowest BCUT2D eigenvalue weighted by Crippen LogP contribution is -2.54. The zero-order valence-electron chi connectivity index (χ0n) is 15.8. The minimum Gasteiger partial charge on any atom is -0.313 e. The number of allylic oxidation sites excluding steroid dienone is 1. The number of amides is 1. The fourth-order valence-corrected chi connectivity index (χ4v) is 4.80. The van der Waals surface area contributed by atoms with E-state index in [0.717, 1.165) is 27.8 Å². The van der Waals surface area contributed by atoms with Crippen LogP contribution in [0.15, 0.2) is 78.9 Å². The number of hydrogen-bond acceptors (Lipinski definition) is 2. The number of fused-ring (bicyclic) bond motifs is 3. The fraction of sp³-hybridized carbons (Fsp3) is 0.120. The molecule has 1 atom stereocenters. The van der Waals surface area contributed by atoms with Gasteiger partial charge in [-0.1, -0.05) is 66.7 Å². The van der Waals surface area contributed by atoms with Crippen molar-refractivity contribution in [2.75, 3.05) is 11.9 Å². The number of para-hydroxylation sites is 1. The second-order valence-corrected chi connectivity index (χ2v) is 7.37. The lowest BCUT2D eigenvalue weighted by molar-refractivity contribution is -0.120. The van der Waals surface area contributed by atoms with Crippen LogP contribution in [0.2, 0.25) is 0 Å². The Bertz CT molecular complexity index is 1180. The monoisotopic (exact) mass is 365 g/mol. The zero-order chi connectivity index (χ0) is 19.5. The fourth-order valence-electron chi connectivity index (χ4n) is 4.80. The smallest absolute Gasteiger partial charge is 0.249 e. The summed E-state index contributed by atoms with van der Waals surface area (Å²) >= 11 is 0. The molecule has 3 aromatic rings. The van der Waals surface area contributed by atoms with Crippen LogP contribution in [0.4, 0.5) is 5.69 Å². The van der Waals surface area contributed by atoms with Crippen LogP contribution in [0, 0.1) is 0 Å². The molecule has 1 spiro atoms. The second kappa shape index (κ2) is 5.77. The molecule has 1 aliphatic heterocycles. The first kappa shape index (κ1) is 16.7. The van der Waals surface area contributed by atoms with E-state index in [1.54, 1.807) is 11.9 Å². The van der Waals surface area contributed by atoms with Gasteiger partial charge in [0.15, 0.2) is 11.2 Å². The van der Waals surface area contributed by atoms with Crippen LogP contribution < -0.4 is 4.90 Å². The lowest BCUT2D eigenvalue weighted by Gasteiger charge is -2.40. The highest BCUT2D eigenvalue weighted by Crippen LogP contribution is 2.55. The number of ketones is 1. The Labute approximate surface area is 163 Å². The molecule has 3 aromatic carbocycles. The molecule has 0 aromatic heterocycles. The maximum atomic E-state index is 14.0. The quantitative estimate of drug-likeness (QED) is 0.585. The van der Waals surface area contributed by atoms with Gasteiger partial charge < -0.3 is 4.90 Å². The molecule has 136 valence electrons. The summed E-state index contributed by atoms with van der Waals surface area (Å²) in [5.41, 5.74) is 4.34. The largest absolute Gasteiger partial charge is 0.313 e. The van der Waals surface area contributed by atoms with Gasteiger partial charge in [-0.2, -0.15) is 0 Å². The number of carbonyl (C=O) groups excluding carboxylic acids is 2. The summed E-state index contributed by atoms with van der Waals surface area (Å²) in [5.74, 6) is -0.339. The summed E-state index contributed by atoms with van der Waals surface area (Å²) < 4.78 is 0. The van der Waals surface area contributed by atoms with E-state index in [1.165, 1.54) is 0 Å². The van der Waals surface area contributed by atoms with E-state index in [9.17, 15) is 9.59 Å². The van der Waals surface area contributed by atoms with E-state index in [1.807, 2.05) is 85.8 Å². The lowest BCUT2D eigenvalue weighted by atomic mass is 9.66. The number of likely N-dealkylation sites (N-methyl/N-ethyl adjacent to an activating group) is 1. The minimum atomic E-state index is -1.34. The molecule has 1 aliphatic carbocycles. The van der Waals surface area contributed by atoms with E-state index < -0.39 is 5.41 Å². The molecule has 0 bridgehead atoms. The predicted octanol–water partition coefficient (Wildman–Crippen LogP) is 4.73. The van der Waals surface area contributed by atoms with Crippen molar-refractivity contribution in [1.82, 2.24) is 0 Å². The Balaban J connectivity index is 1.91. The van der Waals surface area contributed by atoms with Gasteiger partial charge in [0, 0.05) is 12.6 Å². The van der Waals surface area contributed by atoms with E-state index in [2.05, 4.69) is 0 Å². The SMILES string of the molecule is CC1=C(c2ccccc2)C2(C(=O)c3ccccc3N(C)C2=O)c2ccccc21. The molecule has 3 nitrogen and oxygen atoms in total. The zero-order valence-corrected chi connectivity index (χ0v) is 15.8. The van der Waals surface area contributed by atoms with E-state index >= 15 is 0 Å². The number of benzene rings is 3. The van der Waals surface area contributed by atoms with Gasteiger partial charge in [0.2, 0.25) is 5.91 Å². The van der Waals surface area contributed by atoms with Crippen LogP contribution in [0.25, 0.3) is 11.1 Å². The number of Topliss-reactive ketones (excluding diaryl/α,β-unsaturated/α-hetero) is 1. The van der Waals surface area contributed by atoms with Crippen LogP contribution in [0.3, 0.4) is 0 Å². The Kier molecular flexibility index (Phi) is 3.44. The van der Waals surface area contributed by atoms with E-state index in [-0.39, 0.29) is 11.7 Å². The summed E-state index contributed by atoms with van der Waals surface area (Å²) in [7, 11) is 1.76. The molecule has 28 heavy (non-hydrogen) atoms. The van der Waals surface area contributed by atoms with Gasteiger partial charge >= 0.3 is 0 Å². The van der Waals surface area contributed by atoms with Crippen LogP contribution in [-0.4, -0.2) is 18.7 Å². The number of hydrogen-bond donors (Lipinski definition) is 0. The van der Waals surface area contributed by atoms with Crippen LogP contribution in [0.5, 0.6) is 0 Å². The molecule has 5 rings (SSSR count). The van der Waals surface area contributed by atoms with Crippen molar-refractivity contribution in [2.24, 2.45) is 0 Å². The van der Waals surface area contributed by atoms with Crippen molar-refractivity contribution in [3.8, 4) is 0 Å². The maximum Gasteiger partial charge on any atom is 0.249 e. The van der Waals surface area contributed by atoms with Gasteiger partial charge in [-0.25, -0.2) is 0 Å². The van der Waals surface area contributed by atoms with Crippen LogP contribution >= 0.6 is 0 Å². The normalized spacial score (nSPS) is 20.6. The molecule has 1 heterocycles. The van der Waals surface area contributed by atoms with Gasteiger partial charge in [-0.05, 0) is 46.9 Å². The number of anilines is 1. The first-order valence-electron chi connectivity index (χ1n) is 9.37. The first-order chi connectivity index (χ1) is 13.6. The Morgan fingerprint density at radius 2 is 1.36 bits per heavy atom. The second-order valence-electron chi connectivity index (χ2n) is 7.37. The molecule has 0 saturated heterocycles. The van der Waals surface area contributed by atoms with Gasteiger partial charge in [-0.3, -0.25) is 9.59 Å². The average Bonchev–Trinajstić information content (AvgIpc) is 3.01. The molecule has 1 amide bonds. The molecule has 0 fully saturated rings. The summed E-state index contributed by atoms with van der Waals surface area (Å²) in [5, 5.41) is 0. The number of nitrogens with zero attached hydrogens (tertiary/aromatic N) is 1. The standard InChI is InChI=1S/C25H19NO2/c1-16-18-12-6-8-14-20(18)25(22(16)17-10-4-3-5-11-17)23(27)19-13-7-9-15-21(19)26(2)24(25)28/h3-15H,1-2H3. The van der Waals surface area contributed by atoms with E-state index in [0.29, 0.717) is 11.3 Å². The summed E-state index contributed by atoms with van der Waals surface area (Å²) in [6, 6.07) is 24.9. The molecule has 3 heteroatoms. The highest BCUT2D eigenvalue weighted by atomic mass is 16.2. The Morgan fingerprint density at radius 1 is 0.750 bits per heavy atom. The molecular formula is C25H19NO2. The van der Waals surface area contributed by atoms with E-state index in [4.69, 9.17) is 0 Å². The topological polar surface area (TPSA) is 37.4 Å². The highest BCUT2D eigenvalue weighted by Gasteiger charge is 2.59. The van der Waals surface area contributed by atoms with Crippen molar-refractivity contribution in [3.63, 3.8) is 0 Å². The van der Waals surface area contributed by atoms with Gasteiger partial charge in [0.25, 0.3) is 0 Å². The third-order valence-electron chi connectivity index (χ3n) is 6.02.